The molecule has 0 bridgehead atoms. The minimum absolute atomic E-state index is 0.0899. The van der Waals surface area contributed by atoms with Gasteiger partial charge in [-0.2, -0.15) is 0 Å². The fraction of sp³-hybridized carbons (Fsp3) is 0. The lowest BCUT2D eigenvalue weighted by molar-refractivity contribution is 0.995. The molecule has 0 radical (unpaired) electrons. The number of nitrogens with zero attached hydrogens (tertiary/aromatic N) is 3. The minimum atomic E-state index is -2.73. The third-order valence-corrected chi connectivity index (χ3v) is 19.0. The quantitative estimate of drug-likeness (QED) is 0.107. The molecule has 0 saturated carbocycles. The smallest absolute Gasteiger partial charge is 0.242 e. The van der Waals surface area contributed by atoms with Crippen LogP contribution in [-0.2, 0) is 0 Å². The molecule has 2 aromatic heterocycles. The topological polar surface area (TPSA) is 30.7 Å². The molecule has 10 aromatic carbocycles. The summed E-state index contributed by atoms with van der Waals surface area (Å²) in [5.74, 6) is 0.648. The molecule has 322 valence electrons. The minimum Gasteiger partial charge on any atom is -0.278 e. The summed E-state index contributed by atoms with van der Waals surface area (Å²) in [5, 5.41) is 7.84. The second-order valence-corrected chi connectivity index (χ2v) is 21.9. The SMILES string of the molecule is c1ccc(-c2cc(-c3ccccc3)nc(-n3c4ccccc4c4cc(-c5ccc6c(c5)-c5ccccc5B6c5cccc([Si](c6ccccc6)(c6ccccc6)c6ccccc6)c5)ccc43)n2)cc1. The average Bonchev–Trinajstić information content (AvgIpc) is 3.95. The van der Waals surface area contributed by atoms with Crippen molar-refractivity contribution in [2.24, 2.45) is 0 Å². The maximum Gasteiger partial charge on any atom is 0.242 e. The number of benzene rings is 10. The first-order valence-corrected chi connectivity index (χ1v) is 25.8. The van der Waals surface area contributed by atoms with Gasteiger partial charge in [-0.1, -0.05) is 253 Å². The van der Waals surface area contributed by atoms with Gasteiger partial charge in [-0.3, -0.25) is 4.57 Å². The first-order valence-electron chi connectivity index (χ1n) is 23.8. The van der Waals surface area contributed by atoms with Crippen molar-refractivity contribution >= 4 is 73.7 Å². The summed E-state index contributed by atoms with van der Waals surface area (Å²) in [5.41, 5.74) is 15.0. The monoisotopic (exact) mass is 893 g/mol. The highest BCUT2D eigenvalue weighted by molar-refractivity contribution is 7.20. The van der Waals surface area contributed by atoms with Crippen molar-refractivity contribution in [2.45, 2.75) is 0 Å². The van der Waals surface area contributed by atoms with Crippen LogP contribution < -0.4 is 37.1 Å². The Hall–Kier alpha value is -8.64. The zero-order chi connectivity index (χ0) is 45.7. The highest BCUT2D eigenvalue weighted by Crippen LogP contribution is 2.37. The van der Waals surface area contributed by atoms with E-state index in [1.807, 2.05) is 12.1 Å². The fourth-order valence-corrected chi connectivity index (χ4v) is 16.0. The summed E-state index contributed by atoms with van der Waals surface area (Å²) in [7, 11) is -2.73. The summed E-state index contributed by atoms with van der Waals surface area (Å²) in [4.78, 5) is 10.5. The molecule has 0 aliphatic carbocycles. The Bertz CT molecular complexity index is 3680. The Kier molecular flexibility index (Phi) is 9.95. The summed E-state index contributed by atoms with van der Waals surface area (Å²) in [6, 6.07) is 97.8. The van der Waals surface area contributed by atoms with E-state index in [0.717, 1.165) is 44.3 Å². The molecule has 3 nitrogen and oxygen atoms in total. The number of fused-ring (bicyclic) bond motifs is 6. The van der Waals surface area contributed by atoms with Gasteiger partial charge < -0.3 is 0 Å². The van der Waals surface area contributed by atoms with Gasteiger partial charge in [0.25, 0.3) is 0 Å². The second kappa shape index (κ2) is 16.9. The largest absolute Gasteiger partial charge is 0.278 e. The van der Waals surface area contributed by atoms with Crippen molar-refractivity contribution in [3.05, 3.63) is 267 Å². The van der Waals surface area contributed by atoms with Gasteiger partial charge in [-0.25, -0.2) is 9.97 Å². The number of hydrogen-bond acceptors (Lipinski definition) is 2. The molecule has 0 saturated heterocycles. The van der Waals surface area contributed by atoms with Crippen molar-refractivity contribution in [1.29, 1.82) is 0 Å². The lowest BCUT2D eigenvalue weighted by Gasteiger charge is -2.35. The summed E-state index contributed by atoms with van der Waals surface area (Å²) < 4.78 is 2.23. The third kappa shape index (κ3) is 6.81. The fourth-order valence-electron chi connectivity index (χ4n) is 11.2. The van der Waals surface area contributed by atoms with Crippen LogP contribution in [0.1, 0.15) is 0 Å². The predicted molar refractivity (Wildman–Crippen MR) is 293 cm³/mol. The van der Waals surface area contributed by atoms with Gasteiger partial charge in [0.15, 0.2) is 8.07 Å². The van der Waals surface area contributed by atoms with Crippen LogP contribution in [0.3, 0.4) is 0 Å². The molecule has 1 aliphatic heterocycles. The van der Waals surface area contributed by atoms with E-state index in [0.29, 0.717) is 5.95 Å². The van der Waals surface area contributed by atoms with Gasteiger partial charge in [0.2, 0.25) is 12.7 Å². The van der Waals surface area contributed by atoms with Crippen molar-refractivity contribution in [2.75, 3.05) is 0 Å². The molecule has 0 spiro atoms. The van der Waals surface area contributed by atoms with Crippen LogP contribution in [0.2, 0.25) is 0 Å². The molecule has 1 aliphatic rings. The predicted octanol–water partition coefficient (Wildman–Crippen LogP) is 10.4. The molecule has 0 atom stereocenters. The number of aromatic nitrogens is 3. The summed E-state index contributed by atoms with van der Waals surface area (Å²) in [6.45, 7) is 0.0899. The zero-order valence-corrected chi connectivity index (χ0v) is 38.8. The van der Waals surface area contributed by atoms with Crippen LogP contribution >= 0.6 is 0 Å². The highest BCUT2D eigenvalue weighted by Gasteiger charge is 2.42. The van der Waals surface area contributed by atoms with Gasteiger partial charge in [0.05, 0.1) is 22.4 Å². The lowest BCUT2D eigenvalue weighted by atomic mass is 9.39. The molecule has 13 rings (SSSR count). The maximum absolute atomic E-state index is 5.26. The van der Waals surface area contributed by atoms with E-state index >= 15 is 0 Å². The van der Waals surface area contributed by atoms with Gasteiger partial charge in [0, 0.05) is 21.9 Å². The lowest BCUT2D eigenvalue weighted by Crippen LogP contribution is -2.75. The molecule has 0 fully saturated rings. The van der Waals surface area contributed by atoms with Crippen molar-refractivity contribution in [1.82, 2.24) is 14.5 Å². The molecule has 0 amide bonds. The van der Waals surface area contributed by atoms with Gasteiger partial charge in [0.1, 0.15) is 0 Å². The van der Waals surface area contributed by atoms with Crippen molar-refractivity contribution in [3.8, 4) is 50.7 Å². The molecular weight excluding hydrogens is 850 g/mol. The Morgan fingerprint density at radius 2 is 0.812 bits per heavy atom. The Balaban J connectivity index is 0.940. The number of hydrogen-bond donors (Lipinski definition) is 0. The van der Waals surface area contributed by atoms with E-state index in [1.54, 1.807) is 0 Å². The van der Waals surface area contributed by atoms with E-state index in [9.17, 15) is 0 Å². The standard InChI is InChI=1S/C64H44BN3Si/c1-6-21-45(22-7-1)60-44-61(46-23-8-2-9-24-46)67-64(66-60)68-62-36-19-17-34-55(62)57-42-48(38-40-63(57)68)47-37-39-59-56(41-47)54-33-16-18-35-58(54)65(59)49-25-20-32-53(43-49)69(50-26-10-3-11-27-50,51-28-12-4-13-29-51)52-30-14-5-15-31-52/h1-44H. The van der Waals surface area contributed by atoms with Crippen LogP contribution in [0, 0.1) is 0 Å². The van der Waals surface area contributed by atoms with Crippen molar-refractivity contribution in [3.63, 3.8) is 0 Å². The third-order valence-electron chi connectivity index (χ3n) is 14.3. The second-order valence-electron chi connectivity index (χ2n) is 18.1. The van der Waals surface area contributed by atoms with E-state index < -0.39 is 8.07 Å². The molecule has 3 heterocycles. The van der Waals surface area contributed by atoms with E-state index in [2.05, 4.69) is 259 Å². The summed E-state index contributed by atoms with van der Waals surface area (Å²) >= 11 is 0. The van der Waals surface area contributed by atoms with Crippen LogP contribution in [0.15, 0.2) is 267 Å². The molecule has 0 unspecified atom stereocenters. The Morgan fingerprint density at radius 3 is 1.45 bits per heavy atom. The molecule has 5 heteroatoms. The molecule has 12 aromatic rings. The van der Waals surface area contributed by atoms with Gasteiger partial charge in [-0.15, -0.1) is 0 Å². The highest BCUT2D eigenvalue weighted by atomic mass is 28.3. The zero-order valence-electron chi connectivity index (χ0n) is 37.8. The molecule has 69 heavy (non-hydrogen) atoms. The van der Waals surface area contributed by atoms with Gasteiger partial charge >= 0.3 is 0 Å². The van der Waals surface area contributed by atoms with Crippen molar-refractivity contribution < 1.29 is 0 Å². The number of rotatable bonds is 9. The van der Waals surface area contributed by atoms with E-state index in [-0.39, 0.29) is 6.71 Å². The number of para-hydroxylation sites is 1. The summed E-state index contributed by atoms with van der Waals surface area (Å²) in [6.07, 6.45) is 0. The van der Waals surface area contributed by atoms with E-state index in [4.69, 9.17) is 9.97 Å². The normalized spacial score (nSPS) is 12.0. The van der Waals surface area contributed by atoms with Crippen LogP contribution in [0.5, 0.6) is 0 Å². The first kappa shape index (κ1) is 40.6. The van der Waals surface area contributed by atoms with Crippen LogP contribution in [-0.4, -0.2) is 29.3 Å². The first-order chi connectivity index (χ1) is 34.2. The molecule has 0 N–H and O–H groups in total. The molecular formula is C64H44BN3Si. The Labute approximate surface area is 403 Å². The van der Waals surface area contributed by atoms with Gasteiger partial charge in [-0.05, 0) is 73.3 Å². The van der Waals surface area contributed by atoms with Crippen LogP contribution in [0.4, 0.5) is 0 Å². The maximum atomic E-state index is 5.26. The van der Waals surface area contributed by atoms with Crippen LogP contribution in [0.25, 0.3) is 72.5 Å². The van der Waals surface area contributed by atoms with E-state index in [1.165, 1.54) is 59.4 Å². The average molecular weight is 894 g/mol. The Morgan fingerprint density at radius 1 is 0.319 bits per heavy atom.